The molecule has 2 N–H and O–H groups in total. The fraction of sp³-hybridized carbons (Fsp3) is 0.357. The van der Waals surface area contributed by atoms with Gasteiger partial charge in [0, 0.05) is 18.7 Å². The molecule has 4 rings (SSSR count). The molecule has 242 valence electrons. The maximum atomic E-state index is 13.4. The highest BCUT2D eigenvalue weighted by atomic mass is 35.6. The van der Waals surface area contributed by atoms with Gasteiger partial charge < -0.3 is 19.7 Å². The summed E-state index contributed by atoms with van der Waals surface area (Å²) in [5.74, 6) is -2.37. The summed E-state index contributed by atoms with van der Waals surface area (Å²) in [6.07, 6.45) is 0.547. The lowest BCUT2D eigenvalue weighted by atomic mass is 10.1. The number of benzene rings is 2. The first kappa shape index (κ1) is 35.7. The van der Waals surface area contributed by atoms with Crippen molar-refractivity contribution in [1.29, 1.82) is 0 Å². The van der Waals surface area contributed by atoms with Crippen LogP contribution in [0.2, 0.25) is 0 Å². The van der Waals surface area contributed by atoms with E-state index in [4.69, 9.17) is 44.1 Å². The van der Waals surface area contributed by atoms with Crippen LogP contribution in [-0.2, 0) is 29.9 Å². The zero-order valence-electron chi connectivity index (χ0n) is 24.2. The number of fused-ring (bicyclic) bond motifs is 1. The Morgan fingerprint density at radius 3 is 2.44 bits per heavy atom. The topological polar surface area (TPSA) is 135 Å². The van der Waals surface area contributed by atoms with Crippen molar-refractivity contribution in [3.05, 3.63) is 65.6 Å². The monoisotopic (exact) mass is 751 g/mol. The molecule has 2 unspecified atom stereocenters. The lowest BCUT2D eigenvalue weighted by Gasteiger charge is -2.46. The number of nitrogens with zero attached hydrogens (tertiary/aromatic N) is 2. The minimum atomic E-state index is -3.17. The second kappa shape index (κ2) is 15.2. The highest BCUT2D eigenvalue weighted by molar-refractivity contribution is 8.77. The van der Waals surface area contributed by atoms with Crippen LogP contribution in [0.15, 0.2) is 64.3 Å². The molecule has 0 radical (unpaired) electrons. The number of aromatic nitrogens is 1. The lowest BCUT2D eigenvalue weighted by Crippen LogP contribution is -2.69. The van der Waals surface area contributed by atoms with Crippen LogP contribution in [0, 0.1) is 0 Å². The van der Waals surface area contributed by atoms with Gasteiger partial charge in [-0.1, -0.05) is 89.8 Å². The number of para-hydroxylation sites is 1. The SMILES string of the molecule is CCP(=O)(CC)OC(C)=C(C(=O)O)N1C(=O)C(NC(=O)COc2ccccc2)C1SSc1nc2cccc(CC(Cl)(Cl)Cl)c2s1. The second-order valence-electron chi connectivity index (χ2n) is 9.71. The number of amides is 2. The van der Waals surface area contributed by atoms with Gasteiger partial charge in [-0.05, 0) is 41.5 Å². The number of carboxylic acids is 1. The first-order chi connectivity index (χ1) is 21.2. The Hall–Kier alpha value is -2.12. The van der Waals surface area contributed by atoms with Gasteiger partial charge in [0.25, 0.3) is 11.8 Å². The van der Waals surface area contributed by atoms with Gasteiger partial charge in [0.1, 0.15) is 22.9 Å². The number of thiazole rings is 1. The van der Waals surface area contributed by atoms with Crippen molar-refractivity contribution in [2.45, 2.75) is 46.7 Å². The molecule has 3 aromatic rings. The second-order valence-corrected chi connectivity index (χ2v) is 18.9. The molecule has 1 fully saturated rings. The number of alkyl halides is 3. The zero-order chi connectivity index (χ0) is 32.9. The van der Waals surface area contributed by atoms with Crippen LogP contribution in [-0.4, -0.2) is 66.9 Å². The Morgan fingerprint density at radius 1 is 1.13 bits per heavy atom. The first-order valence-corrected chi connectivity index (χ1v) is 19.7. The molecule has 45 heavy (non-hydrogen) atoms. The average molecular weight is 753 g/mol. The van der Waals surface area contributed by atoms with Crippen molar-refractivity contribution in [1.82, 2.24) is 15.2 Å². The van der Waals surface area contributed by atoms with E-state index < -0.39 is 46.1 Å². The molecule has 1 aromatic heterocycles. The third-order valence-corrected chi connectivity index (χ3v) is 13.7. The Kier molecular flexibility index (Phi) is 12.1. The molecular weight excluding hydrogens is 724 g/mol. The van der Waals surface area contributed by atoms with E-state index in [1.807, 2.05) is 18.2 Å². The molecular formula is C28H29Cl3N3O7PS3. The van der Waals surface area contributed by atoms with E-state index in [2.05, 4.69) is 10.3 Å². The van der Waals surface area contributed by atoms with Crippen molar-refractivity contribution >= 4 is 103 Å². The smallest absolute Gasteiger partial charge is 0.356 e. The predicted molar refractivity (Wildman–Crippen MR) is 182 cm³/mol. The van der Waals surface area contributed by atoms with Gasteiger partial charge in [0.15, 0.2) is 20.4 Å². The number of carbonyl (C=O) groups is 3. The fourth-order valence-corrected chi connectivity index (χ4v) is 10.1. The quantitative estimate of drug-likeness (QED) is 0.0431. The van der Waals surface area contributed by atoms with Gasteiger partial charge >= 0.3 is 5.97 Å². The first-order valence-electron chi connectivity index (χ1n) is 13.6. The van der Waals surface area contributed by atoms with Crippen LogP contribution in [0.3, 0.4) is 0 Å². The third kappa shape index (κ3) is 9.03. The van der Waals surface area contributed by atoms with Crippen LogP contribution >= 0.6 is 75.1 Å². The molecule has 0 bridgehead atoms. The molecule has 17 heteroatoms. The standard InChI is InChI=1S/C28H29Cl3N3O7PS3/c1-4-42(39,5-2)41-16(3)22(26(37)38)34-24(36)21(33-20(35)15-40-18-11-7-6-8-12-18)25(34)44-45-27-32-19-13-9-10-17(23(19)43-27)14-28(29,30)31/h6-13,21,25H,4-5,14-15H2,1-3H3,(H,33,35)(H,37,38). The van der Waals surface area contributed by atoms with Crippen molar-refractivity contribution in [3.8, 4) is 5.75 Å². The summed E-state index contributed by atoms with van der Waals surface area (Å²) in [5.41, 5.74) is 1.02. The number of carboxylic acid groups (broad SMARTS) is 1. The molecule has 2 atom stereocenters. The van der Waals surface area contributed by atoms with Crippen LogP contribution in [0.4, 0.5) is 0 Å². The zero-order valence-corrected chi connectivity index (χ0v) is 29.8. The van der Waals surface area contributed by atoms with Gasteiger partial charge in [0.05, 0.1) is 10.2 Å². The number of aliphatic carboxylic acids is 1. The van der Waals surface area contributed by atoms with Crippen LogP contribution in [0.5, 0.6) is 5.75 Å². The number of rotatable bonds is 14. The van der Waals surface area contributed by atoms with Crippen LogP contribution < -0.4 is 10.1 Å². The summed E-state index contributed by atoms with van der Waals surface area (Å²) in [6.45, 7) is 4.37. The Bertz CT molecular complexity index is 1640. The number of hydrogen-bond donors (Lipinski definition) is 2. The van der Waals surface area contributed by atoms with Crippen molar-refractivity contribution in [3.63, 3.8) is 0 Å². The Balaban J connectivity index is 1.60. The highest BCUT2D eigenvalue weighted by Gasteiger charge is 2.53. The van der Waals surface area contributed by atoms with Crippen LogP contribution in [0.25, 0.3) is 10.2 Å². The molecule has 0 aliphatic carbocycles. The fourth-order valence-electron chi connectivity index (χ4n) is 4.35. The number of allylic oxidation sites excluding steroid dienone is 1. The molecule has 10 nitrogen and oxygen atoms in total. The van der Waals surface area contributed by atoms with E-state index >= 15 is 0 Å². The van der Waals surface area contributed by atoms with E-state index in [0.29, 0.717) is 15.6 Å². The molecule has 1 aliphatic rings. The molecule has 0 spiro atoms. The minimum absolute atomic E-state index is 0.160. The van der Waals surface area contributed by atoms with E-state index in [1.54, 1.807) is 44.2 Å². The molecule has 2 amide bonds. The minimum Gasteiger partial charge on any atom is -0.484 e. The van der Waals surface area contributed by atoms with Crippen LogP contribution in [0.1, 0.15) is 26.3 Å². The number of nitrogens with one attached hydrogen (secondary N) is 1. The summed E-state index contributed by atoms with van der Waals surface area (Å²) in [6, 6.07) is 13.1. The number of halogens is 3. The normalized spacial score (nSPS) is 17.5. The van der Waals surface area contributed by atoms with Crippen molar-refractivity contribution < 1.29 is 33.3 Å². The van der Waals surface area contributed by atoms with Crippen molar-refractivity contribution in [2.24, 2.45) is 0 Å². The number of likely N-dealkylation sites (tertiary alicyclic amines) is 1. The maximum absolute atomic E-state index is 13.4. The van der Waals surface area contributed by atoms with Crippen molar-refractivity contribution in [2.75, 3.05) is 18.9 Å². The van der Waals surface area contributed by atoms with Gasteiger partial charge in [-0.15, -0.1) is 11.3 Å². The van der Waals surface area contributed by atoms with E-state index in [0.717, 1.165) is 26.0 Å². The van der Waals surface area contributed by atoms with Gasteiger partial charge in [-0.3, -0.25) is 19.1 Å². The van der Waals surface area contributed by atoms with Gasteiger partial charge in [0.2, 0.25) is 7.37 Å². The Morgan fingerprint density at radius 2 is 1.82 bits per heavy atom. The maximum Gasteiger partial charge on any atom is 0.356 e. The summed E-state index contributed by atoms with van der Waals surface area (Å²) < 4.78 is 24.1. The summed E-state index contributed by atoms with van der Waals surface area (Å²) in [7, 11) is -0.829. The number of hydrogen-bond acceptors (Lipinski definition) is 10. The number of ether oxygens (including phenoxy) is 1. The summed E-state index contributed by atoms with van der Waals surface area (Å²) in [5, 5.41) is 11.9. The van der Waals surface area contributed by atoms with E-state index in [1.165, 1.54) is 29.1 Å². The average Bonchev–Trinajstić information content (AvgIpc) is 3.42. The summed E-state index contributed by atoms with van der Waals surface area (Å²) >= 11 is 19.5. The molecule has 0 saturated carbocycles. The number of β-lactam (4-membered cyclic amide) rings is 1. The van der Waals surface area contributed by atoms with Gasteiger partial charge in [-0.2, -0.15) is 0 Å². The molecule has 1 saturated heterocycles. The highest BCUT2D eigenvalue weighted by Crippen LogP contribution is 2.50. The summed E-state index contributed by atoms with van der Waals surface area (Å²) in [4.78, 5) is 44.4. The molecule has 2 heterocycles. The van der Waals surface area contributed by atoms with Gasteiger partial charge in [-0.25, -0.2) is 9.78 Å². The molecule has 2 aromatic carbocycles. The van der Waals surface area contributed by atoms with E-state index in [9.17, 15) is 24.1 Å². The lowest BCUT2D eigenvalue weighted by molar-refractivity contribution is -0.151. The largest absolute Gasteiger partial charge is 0.484 e. The Labute approximate surface area is 287 Å². The van der Waals surface area contributed by atoms with E-state index in [-0.39, 0.29) is 31.1 Å². The number of carbonyl (C=O) groups excluding carboxylic acids is 2. The third-order valence-electron chi connectivity index (χ3n) is 6.60. The molecule has 1 aliphatic heterocycles. The predicted octanol–water partition coefficient (Wildman–Crippen LogP) is 7.33.